The molecule has 0 aromatic rings. The monoisotopic (exact) mass is 252 g/mol. The molecule has 1 atom stereocenters. The highest BCUT2D eigenvalue weighted by atomic mass is 16.5. The van der Waals surface area contributed by atoms with Gasteiger partial charge < -0.3 is 15.0 Å². The van der Waals surface area contributed by atoms with Crippen molar-refractivity contribution in [3.8, 4) is 0 Å². The maximum Gasteiger partial charge on any atom is 0.242 e. The summed E-state index contributed by atoms with van der Waals surface area (Å²) >= 11 is 0. The third-order valence-corrected chi connectivity index (χ3v) is 4.01. The number of nitrogens with zero attached hydrogens (tertiary/aromatic N) is 1. The molecule has 0 bridgehead atoms. The zero-order chi connectivity index (χ0) is 13.0. The summed E-state index contributed by atoms with van der Waals surface area (Å²) in [6.07, 6.45) is 6.36. The van der Waals surface area contributed by atoms with Crippen LogP contribution in [0.1, 0.15) is 32.6 Å². The van der Waals surface area contributed by atoms with Crippen LogP contribution in [0.4, 0.5) is 0 Å². The lowest BCUT2D eigenvalue weighted by atomic mass is 9.89. The summed E-state index contributed by atoms with van der Waals surface area (Å²) in [4.78, 5) is 14.5. The van der Waals surface area contributed by atoms with Gasteiger partial charge in [-0.05, 0) is 44.7 Å². The van der Waals surface area contributed by atoms with Crippen molar-refractivity contribution in [2.24, 2.45) is 0 Å². The average Bonchev–Trinajstić information content (AvgIpc) is 2.40. The molecule has 1 saturated heterocycles. The van der Waals surface area contributed by atoms with E-state index in [4.69, 9.17) is 4.74 Å². The van der Waals surface area contributed by atoms with Gasteiger partial charge in [-0.1, -0.05) is 6.08 Å². The van der Waals surface area contributed by atoms with Crippen LogP contribution in [0.5, 0.6) is 0 Å². The third-order valence-electron chi connectivity index (χ3n) is 4.01. The molecule has 0 aromatic heterocycles. The van der Waals surface area contributed by atoms with Crippen LogP contribution in [0.15, 0.2) is 11.6 Å². The molecule has 2 aliphatic heterocycles. The Labute approximate surface area is 109 Å². The van der Waals surface area contributed by atoms with Crippen LogP contribution in [-0.4, -0.2) is 49.7 Å². The van der Waals surface area contributed by atoms with Gasteiger partial charge in [0, 0.05) is 20.2 Å². The minimum atomic E-state index is -0.342. The Kier molecular flexibility index (Phi) is 4.40. The lowest BCUT2D eigenvalue weighted by Crippen LogP contribution is -2.58. The Morgan fingerprint density at radius 3 is 2.94 bits per heavy atom. The summed E-state index contributed by atoms with van der Waals surface area (Å²) in [5.41, 5.74) is 0.966. The number of hydrogen-bond donors (Lipinski definition) is 1. The second-order valence-corrected chi connectivity index (χ2v) is 5.51. The molecule has 1 unspecified atom stereocenters. The Morgan fingerprint density at radius 2 is 2.39 bits per heavy atom. The minimum Gasteiger partial charge on any atom is -0.380 e. The number of ether oxygens (including phenoxy) is 1. The summed E-state index contributed by atoms with van der Waals surface area (Å²) in [6.45, 7) is 5.25. The zero-order valence-corrected chi connectivity index (χ0v) is 11.5. The second kappa shape index (κ2) is 5.85. The molecule has 18 heavy (non-hydrogen) atoms. The Hall–Kier alpha value is -0.870. The number of methoxy groups -OCH3 is 1. The van der Waals surface area contributed by atoms with Gasteiger partial charge in [0.1, 0.15) is 0 Å². The molecule has 0 aliphatic carbocycles. The van der Waals surface area contributed by atoms with Gasteiger partial charge in [0.05, 0.1) is 12.1 Å². The van der Waals surface area contributed by atoms with Gasteiger partial charge in [0.15, 0.2) is 0 Å². The SMILES string of the molecule is COCC1=CCN(C(=O)C2(C)CCCCN2)CC1. The molecule has 2 rings (SSSR count). The van der Waals surface area contributed by atoms with E-state index in [0.29, 0.717) is 6.61 Å². The second-order valence-electron chi connectivity index (χ2n) is 5.51. The van der Waals surface area contributed by atoms with Gasteiger partial charge in [-0.15, -0.1) is 0 Å². The number of piperidine rings is 1. The highest BCUT2D eigenvalue weighted by molar-refractivity contribution is 5.86. The van der Waals surface area contributed by atoms with E-state index in [1.807, 2.05) is 11.8 Å². The largest absolute Gasteiger partial charge is 0.380 e. The molecule has 0 spiro atoms. The normalized spacial score (nSPS) is 29.0. The highest BCUT2D eigenvalue weighted by Crippen LogP contribution is 2.23. The molecule has 1 N–H and O–H groups in total. The van der Waals surface area contributed by atoms with Gasteiger partial charge in [0.2, 0.25) is 5.91 Å². The first kappa shape index (κ1) is 13.6. The van der Waals surface area contributed by atoms with Gasteiger partial charge >= 0.3 is 0 Å². The van der Waals surface area contributed by atoms with Crippen LogP contribution >= 0.6 is 0 Å². The minimum absolute atomic E-state index is 0.259. The fourth-order valence-electron chi connectivity index (χ4n) is 2.80. The molecule has 2 heterocycles. The Balaban J connectivity index is 1.94. The molecule has 4 heteroatoms. The number of rotatable bonds is 3. The Bertz CT molecular complexity index is 333. The summed E-state index contributed by atoms with van der Waals surface area (Å²) < 4.78 is 5.13. The maximum absolute atomic E-state index is 12.5. The van der Waals surface area contributed by atoms with E-state index in [1.165, 1.54) is 12.0 Å². The first-order valence-electron chi connectivity index (χ1n) is 6.87. The lowest BCUT2D eigenvalue weighted by Gasteiger charge is -2.39. The van der Waals surface area contributed by atoms with Crippen LogP contribution in [0.2, 0.25) is 0 Å². The van der Waals surface area contributed by atoms with Gasteiger partial charge in [-0.3, -0.25) is 4.79 Å². The van der Waals surface area contributed by atoms with Crippen molar-refractivity contribution in [2.45, 2.75) is 38.1 Å². The Morgan fingerprint density at radius 1 is 1.56 bits per heavy atom. The summed E-state index contributed by atoms with van der Waals surface area (Å²) in [6, 6.07) is 0. The maximum atomic E-state index is 12.5. The van der Waals surface area contributed by atoms with Crippen molar-refractivity contribution in [3.05, 3.63) is 11.6 Å². The number of carbonyl (C=O) groups is 1. The molecule has 0 saturated carbocycles. The van der Waals surface area contributed by atoms with Crippen molar-refractivity contribution >= 4 is 5.91 Å². The van der Waals surface area contributed by atoms with Crippen molar-refractivity contribution in [1.29, 1.82) is 0 Å². The van der Waals surface area contributed by atoms with Gasteiger partial charge in [-0.2, -0.15) is 0 Å². The van der Waals surface area contributed by atoms with E-state index >= 15 is 0 Å². The van der Waals surface area contributed by atoms with E-state index in [9.17, 15) is 4.79 Å². The fraction of sp³-hybridized carbons (Fsp3) is 0.786. The van der Waals surface area contributed by atoms with E-state index in [-0.39, 0.29) is 11.4 Å². The molecule has 102 valence electrons. The zero-order valence-electron chi connectivity index (χ0n) is 11.5. The molecular formula is C14H24N2O2. The van der Waals surface area contributed by atoms with Crippen LogP contribution in [0.25, 0.3) is 0 Å². The number of nitrogens with one attached hydrogen (secondary N) is 1. The van der Waals surface area contributed by atoms with Crippen molar-refractivity contribution in [3.63, 3.8) is 0 Å². The summed E-state index contributed by atoms with van der Waals surface area (Å²) in [5.74, 6) is 0.259. The standard InChI is InChI=1S/C14H24N2O2/c1-14(7-3-4-8-15-14)13(17)16-9-5-12(6-10-16)11-18-2/h5,15H,3-4,6-11H2,1-2H3. The van der Waals surface area contributed by atoms with Crippen LogP contribution in [-0.2, 0) is 9.53 Å². The molecule has 1 fully saturated rings. The predicted molar refractivity (Wildman–Crippen MR) is 71.4 cm³/mol. The number of amides is 1. The van der Waals surface area contributed by atoms with E-state index < -0.39 is 0 Å². The van der Waals surface area contributed by atoms with Crippen molar-refractivity contribution < 1.29 is 9.53 Å². The third kappa shape index (κ3) is 2.93. The molecular weight excluding hydrogens is 228 g/mol. The number of carbonyl (C=O) groups excluding carboxylic acids is 1. The fourth-order valence-corrected chi connectivity index (χ4v) is 2.80. The van der Waals surface area contributed by atoms with Gasteiger partial charge in [0.25, 0.3) is 0 Å². The first-order valence-corrected chi connectivity index (χ1v) is 6.87. The smallest absolute Gasteiger partial charge is 0.242 e. The van der Waals surface area contributed by atoms with E-state index in [0.717, 1.165) is 38.9 Å². The molecule has 4 nitrogen and oxygen atoms in total. The molecule has 0 aromatic carbocycles. The van der Waals surface area contributed by atoms with E-state index in [2.05, 4.69) is 11.4 Å². The molecule has 0 radical (unpaired) electrons. The average molecular weight is 252 g/mol. The topological polar surface area (TPSA) is 41.6 Å². The van der Waals surface area contributed by atoms with Crippen LogP contribution < -0.4 is 5.32 Å². The predicted octanol–water partition coefficient (Wildman–Crippen LogP) is 1.32. The summed E-state index contributed by atoms with van der Waals surface area (Å²) in [5, 5.41) is 3.39. The first-order chi connectivity index (χ1) is 8.65. The van der Waals surface area contributed by atoms with Crippen molar-refractivity contribution in [2.75, 3.05) is 33.4 Å². The molecule has 1 amide bonds. The van der Waals surface area contributed by atoms with E-state index in [1.54, 1.807) is 7.11 Å². The van der Waals surface area contributed by atoms with Crippen LogP contribution in [0, 0.1) is 0 Å². The van der Waals surface area contributed by atoms with Crippen molar-refractivity contribution in [1.82, 2.24) is 10.2 Å². The number of hydrogen-bond acceptors (Lipinski definition) is 3. The molecule has 2 aliphatic rings. The lowest BCUT2D eigenvalue weighted by molar-refractivity contribution is -0.138. The quantitative estimate of drug-likeness (QED) is 0.770. The summed E-state index contributed by atoms with van der Waals surface area (Å²) in [7, 11) is 1.71. The van der Waals surface area contributed by atoms with Crippen LogP contribution in [0.3, 0.4) is 0 Å². The van der Waals surface area contributed by atoms with Gasteiger partial charge in [-0.25, -0.2) is 0 Å². The highest BCUT2D eigenvalue weighted by Gasteiger charge is 2.37.